The summed E-state index contributed by atoms with van der Waals surface area (Å²) in [5.41, 5.74) is 0. The third-order valence-electron chi connectivity index (χ3n) is 4.40. The zero-order valence-electron chi connectivity index (χ0n) is 16.0. The molecule has 0 aromatic rings. The maximum atomic E-state index is 10.1. The molecule has 0 atom stereocenters. The number of hydrogen-bond donors (Lipinski definition) is 2. The summed E-state index contributed by atoms with van der Waals surface area (Å²) in [5.74, 6) is -0.731. The van der Waals surface area contributed by atoms with Crippen LogP contribution in [0.3, 0.4) is 0 Å². The molecule has 0 amide bonds. The molecule has 0 unspecified atom stereocenters. The molecule has 2 rings (SSSR count). The van der Waals surface area contributed by atoms with Crippen molar-refractivity contribution in [3.63, 3.8) is 0 Å². The fraction of sp³-hybridized carbons (Fsp3) is 0.944. The number of hydrogen-bond acceptors (Lipinski definition) is 7. The van der Waals surface area contributed by atoms with Gasteiger partial charge in [0, 0.05) is 26.2 Å². The summed E-state index contributed by atoms with van der Waals surface area (Å²) in [5, 5.41) is 16.9. The van der Waals surface area contributed by atoms with Gasteiger partial charge in [0.2, 0.25) is 0 Å². The number of ether oxygens (including phenoxy) is 2. The van der Waals surface area contributed by atoms with Crippen LogP contribution < -0.4 is 0 Å². The molecule has 27 heavy (non-hydrogen) atoms. The van der Waals surface area contributed by atoms with Crippen molar-refractivity contribution in [2.75, 3.05) is 19.8 Å². The van der Waals surface area contributed by atoms with E-state index in [9.17, 15) is 4.79 Å². The van der Waals surface area contributed by atoms with E-state index in [1.807, 2.05) is 0 Å². The Morgan fingerprint density at radius 3 is 1.59 bits per heavy atom. The predicted molar refractivity (Wildman–Crippen MR) is 91.7 cm³/mol. The summed E-state index contributed by atoms with van der Waals surface area (Å²) in [4.78, 5) is 10.1. The van der Waals surface area contributed by atoms with Gasteiger partial charge in [-0.05, 0) is 44.9 Å². The summed E-state index contributed by atoms with van der Waals surface area (Å²) < 4.78 is 36.7. The van der Waals surface area contributed by atoms with Crippen LogP contribution in [0.25, 0.3) is 0 Å². The normalized spacial score (nSPS) is 16.9. The van der Waals surface area contributed by atoms with Crippen LogP contribution in [0.1, 0.15) is 77.0 Å². The van der Waals surface area contributed by atoms with E-state index in [0.717, 1.165) is 32.3 Å². The third-order valence-corrected chi connectivity index (χ3v) is 4.40. The molecule has 2 aliphatic rings. The zero-order valence-corrected chi connectivity index (χ0v) is 17.3. The molecule has 0 saturated heterocycles. The first-order chi connectivity index (χ1) is 13.0. The molecule has 8 nitrogen and oxygen atoms in total. The van der Waals surface area contributed by atoms with E-state index in [2.05, 4.69) is 0 Å². The van der Waals surface area contributed by atoms with Gasteiger partial charge in [-0.2, -0.15) is 0 Å². The van der Waals surface area contributed by atoms with Crippen molar-refractivity contribution in [1.29, 1.82) is 0 Å². The molecule has 0 aromatic carbocycles. The summed E-state index contributed by atoms with van der Waals surface area (Å²) in [6, 6.07) is 0. The standard InChI is InChI=1S/C9H16O3.C9H18O2.Cr.3O/c10-9(11)6-3-7-12-8-4-1-2-5-8;10-7-3-4-8-11-9-5-1-2-6-9;;;;/h8H,1-7H2,(H,10,11);9-10H,1-8H2;;;;. The topological polar surface area (TPSA) is 127 Å². The monoisotopic (exact) mass is 430 g/mol. The first-order valence-corrected chi connectivity index (χ1v) is 11.3. The molecule has 0 aliphatic heterocycles. The van der Waals surface area contributed by atoms with Crippen LogP contribution in [-0.2, 0) is 39.6 Å². The van der Waals surface area contributed by atoms with Crippen LogP contribution in [0.2, 0.25) is 0 Å². The van der Waals surface area contributed by atoms with E-state index in [-0.39, 0.29) is 6.42 Å². The Morgan fingerprint density at radius 1 is 0.815 bits per heavy atom. The van der Waals surface area contributed by atoms with Gasteiger partial charge >= 0.3 is 31.3 Å². The summed E-state index contributed by atoms with van der Waals surface area (Å²) in [7, 11) is 0. The molecule has 0 spiro atoms. The second-order valence-corrected chi connectivity index (χ2v) is 7.32. The van der Waals surface area contributed by atoms with Crippen molar-refractivity contribution in [1.82, 2.24) is 0 Å². The van der Waals surface area contributed by atoms with Crippen molar-refractivity contribution in [3.05, 3.63) is 0 Å². The average molecular weight is 430 g/mol. The molecule has 0 radical (unpaired) electrons. The Labute approximate surface area is 165 Å². The van der Waals surface area contributed by atoms with E-state index < -0.39 is 19.9 Å². The number of aliphatic hydroxyl groups excluding tert-OH is 1. The van der Waals surface area contributed by atoms with Gasteiger partial charge in [0.05, 0.1) is 12.2 Å². The Bertz CT molecular complexity index is 446. The van der Waals surface area contributed by atoms with Crippen molar-refractivity contribution >= 4 is 5.97 Å². The Morgan fingerprint density at radius 2 is 1.22 bits per heavy atom. The van der Waals surface area contributed by atoms with Gasteiger partial charge in [-0.15, -0.1) is 0 Å². The molecule has 0 heterocycles. The molecule has 0 bridgehead atoms. The summed E-state index contributed by atoms with van der Waals surface area (Å²) >= 11 is -3.79. The molecule has 160 valence electrons. The van der Waals surface area contributed by atoms with Gasteiger partial charge < -0.3 is 19.7 Å². The van der Waals surface area contributed by atoms with E-state index in [1.54, 1.807) is 0 Å². The first-order valence-electron chi connectivity index (χ1n) is 9.78. The van der Waals surface area contributed by atoms with E-state index in [1.165, 1.54) is 38.5 Å². The minimum absolute atomic E-state index is 0.229. The quantitative estimate of drug-likeness (QED) is 0.506. The van der Waals surface area contributed by atoms with Crippen LogP contribution in [0.15, 0.2) is 0 Å². The van der Waals surface area contributed by atoms with Crippen molar-refractivity contribution in [3.8, 4) is 0 Å². The minimum atomic E-state index is -3.79. The summed E-state index contributed by atoms with van der Waals surface area (Å²) in [6.45, 7) is 1.75. The van der Waals surface area contributed by atoms with Gasteiger partial charge in [0.15, 0.2) is 0 Å². The Hall–Kier alpha value is -0.718. The fourth-order valence-electron chi connectivity index (χ4n) is 3.05. The number of aliphatic hydroxyl groups is 1. The first kappa shape index (κ1) is 26.3. The summed E-state index contributed by atoms with van der Waals surface area (Å²) in [6.07, 6.45) is 13.7. The number of aliphatic carboxylic acids is 1. The molecular formula is C18H34CrO8. The molecule has 2 aliphatic carbocycles. The number of carboxylic acid groups (broad SMARTS) is 1. The molecule has 0 aromatic heterocycles. The van der Waals surface area contributed by atoms with Gasteiger partial charge in [-0.25, -0.2) is 0 Å². The second-order valence-electron chi connectivity index (χ2n) is 6.69. The predicted octanol–water partition coefficient (Wildman–Crippen LogP) is 3.17. The SMILES string of the molecule is O=C(O)CCCOC1CCCC1.OCCCCOC1CCCC1.[O]=[Cr](=[O])=[O]. The van der Waals surface area contributed by atoms with E-state index in [4.69, 9.17) is 31.1 Å². The number of unbranched alkanes of at least 4 members (excludes halogenated alkanes) is 1. The van der Waals surface area contributed by atoms with E-state index in [0.29, 0.717) is 31.8 Å². The van der Waals surface area contributed by atoms with E-state index >= 15 is 0 Å². The van der Waals surface area contributed by atoms with Gasteiger partial charge in [-0.3, -0.25) is 4.79 Å². The zero-order chi connectivity index (χ0) is 20.3. The molecule has 2 N–H and O–H groups in total. The molecule has 2 fully saturated rings. The molecule has 9 heteroatoms. The average Bonchev–Trinajstić information content (AvgIpc) is 3.29. The second kappa shape index (κ2) is 18.6. The van der Waals surface area contributed by atoms with Crippen LogP contribution in [0.4, 0.5) is 0 Å². The number of rotatable bonds is 10. The van der Waals surface area contributed by atoms with Crippen molar-refractivity contribution < 1.29 is 49.8 Å². The fourth-order valence-corrected chi connectivity index (χ4v) is 3.05. The Balaban J connectivity index is 0.000000421. The third kappa shape index (κ3) is 19.8. The van der Waals surface area contributed by atoms with Gasteiger partial charge in [0.25, 0.3) is 0 Å². The maximum absolute atomic E-state index is 10.1. The van der Waals surface area contributed by atoms with Crippen molar-refractivity contribution in [2.24, 2.45) is 0 Å². The molecule has 2 saturated carbocycles. The van der Waals surface area contributed by atoms with Gasteiger partial charge in [-0.1, -0.05) is 25.7 Å². The van der Waals surface area contributed by atoms with Crippen LogP contribution >= 0.6 is 0 Å². The number of carbonyl (C=O) groups is 1. The van der Waals surface area contributed by atoms with Crippen molar-refractivity contribution in [2.45, 2.75) is 89.3 Å². The number of carboxylic acids is 1. The Kier molecular flexibility index (Phi) is 18.1. The van der Waals surface area contributed by atoms with Crippen LogP contribution in [0, 0.1) is 0 Å². The van der Waals surface area contributed by atoms with Crippen LogP contribution in [-0.4, -0.2) is 48.2 Å². The molecular weight excluding hydrogens is 396 g/mol. The van der Waals surface area contributed by atoms with Gasteiger partial charge in [0.1, 0.15) is 0 Å². The van der Waals surface area contributed by atoms with Crippen LogP contribution in [0.5, 0.6) is 0 Å².